The van der Waals surface area contributed by atoms with Gasteiger partial charge in [0, 0.05) is 26.1 Å². The second-order valence-electron chi connectivity index (χ2n) is 9.62. The first-order valence-corrected chi connectivity index (χ1v) is 14.0. The van der Waals surface area contributed by atoms with Crippen molar-refractivity contribution in [1.29, 1.82) is 0 Å². The zero-order valence-corrected chi connectivity index (χ0v) is 22.9. The molecule has 0 radical (unpaired) electrons. The third-order valence-corrected chi connectivity index (χ3v) is 7.29. The van der Waals surface area contributed by atoms with E-state index in [1.165, 1.54) is 21.3 Å². The third kappa shape index (κ3) is 8.33. The van der Waals surface area contributed by atoms with Crippen molar-refractivity contribution in [2.75, 3.05) is 23.7 Å². The van der Waals surface area contributed by atoms with E-state index in [0.29, 0.717) is 17.8 Å². The van der Waals surface area contributed by atoms with Crippen LogP contribution in [0.25, 0.3) is 0 Å². The monoisotopic (exact) mass is 519 g/mol. The van der Waals surface area contributed by atoms with E-state index in [1.54, 1.807) is 25.1 Å². The van der Waals surface area contributed by atoms with E-state index >= 15 is 0 Å². The molecule has 2 rings (SSSR count). The van der Waals surface area contributed by atoms with Gasteiger partial charge in [-0.3, -0.25) is 13.9 Å². The van der Waals surface area contributed by atoms with Crippen LogP contribution in [0.2, 0.25) is 0 Å². The standard InChI is InChI=1S/C27H38FN3O4S/c1-19(2)17-29-27(33)22(5)30(18-23-12-14-24(28)15-13-23)26(32)11-8-16-31(36(6,34)35)25-10-7-9-20(3)21(25)4/h7,9-10,12-15,19,22H,8,11,16-18H2,1-6H3,(H,29,33)/t22-/m0/s1. The molecule has 36 heavy (non-hydrogen) atoms. The van der Waals surface area contributed by atoms with Gasteiger partial charge < -0.3 is 10.2 Å². The van der Waals surface area contributed by atoms with Gasteiger partial charge in [-0.25, -0.2) is 12.8 Å². The molecular formula is C27H38FN3O4S. The first-order valence-electron chi connectivity index (χ1n) is 12.2. The smallest absolute Gasteiger partial charge is 0.242 e. The van der Waals surface area contributed by atoms with Crippen molar-refractivity contribution >= 4 is 27.5 Å². The molecule has 1 atom stereocenters. The van der Waals surface area contributed by atoms with Crippen molar-refractivity contribution in [3.05, 3.63) is 65.0 Å². The second kappa shape index (κ2) is 12.9. The van der Waals surface area contributed by atoms with Gasteiger partial charge in [0.1, 0.15) is 11.9 Å². The zero-order valence-electron chi connectivity index (χ0n) is 22.0. The molecule has 0 unspecified atom stereocenters. The SMILES string of the molecule is Cc1cccc(N(CCCC(=O)N(Cc2ccc(F)cc2)[C@@H](C)C(=O)NCC(C)C)S(C)(=O)=O)c1C. The normalized spacial score (nSPS) is 12.3. The number of amides is 2. The molecule has 0 aromatic heterocycles. The van der Waals surface area contributed by atoms with Crippen molar-refractivity contribution in [2.45, 2.75) is 60.0 Å². The summed E-state index contributed by atoms with van der Waals surface area (Å²) in [7, 11) is -3.56. The van der Waals surface area contributed by atoms with Crippen molar-refractivity contribution < 1.29 is 22.4 Å². The van der Waals surface area contributed by atoms with E-state index in [0.717, 1.165) is 17.4 Å². The van der Waals surface area contributed by atoms with E-state index in [-0.39, 0.29) is 49.5 Å². The van der Waals surface area contributed by atoms with Crippen LogP contribution in [0.5, 0.6) is 0 Å². The van der Waals surface area contributed by atoms with Crippen LogP contribution in [0.4, 0.5) is 10.1 Å². The number of carbonyl (C=O) groups is 2. The lowest BCUT2D eigenvalue weighted by molar-refractivity contribution is -0.140. The number of hydrogen-bond donors (Lipinski definition) is 1. The minimum absolute atomic E-state index is 0.0554. The van der Waals surface area contributed by atoms with E-state index < -0.39 is 16.1 Å². The van der Waals surface area contributed by atoms with Crippen LogP contribution in [0, 0.1) is 25.6 Å². The van der Waals surface area contributed by atoms with E-state index in [9.17, 15) is 22.4 Å². The Morgan fingerprint density at radius 3 is 2.25 bits per heavy atom. The average Bonchev–Trinajstić information content (AvgIpc) is 2.80. The number of hydrogen-bond acceptors (Lipinski definition) is 4. The predicted octanol–water partition coefficient (Wildman–Crippen LogP) is 4.18. The van der Waals surface area contributed by atoms with Gasteiger partial charge in [-0.15, -0.1) is 0 Å². The van der Waals surface area contributed by atoms with Crippen molar-refractivity contribution in [3.8, 4) is 0 Å². The number of nitrogens with one attached hydrogen (secondary N) is 1. The maximum atomic E-state index is 13.4. The number of sulfonamides is 1. The Kier molecular flexibility index (Phi) is 10.5. The Bertz CT molecular complexity index is 1150. The van der Waals surface area contributed by atoms with Crippen molar-refractivity contribution in [2.24, 2.45) is 5.92 Å². The molecule has 2 amide bonds. The number of anilines is 1. The number of rotatable bonds is 12. The lowest BCUT2D eigenvalue weighted by Crippen LogP contribution is -2.48. The topological polar surface area (TPSA) is 86.8 Å². The molecule has 0 saturated heterocycles. The summed E-state index contributed by atoms with van der Waals surface area (Å²) >= 11 is 0. The van der Waals surface area contributed by atoms with Crippen LogP contribution < -0.4 is 9.62 Å². The Hall–Kier alpha value is -2.94. The fourth-order valence-electron chi connectivity index (χ4n) is 3.81. The highest BCUT2D eigenvalue weighted by Gasteiger charge is 2.27. The number of carbonyl (C=O) groups excluding carboxylic acids is 2. The average molecular weight is 520 g/mol. The summed E-state index contributed by atoms with van der Waals surface area (Å²) in [5.74, 6) is -0.672. The highest BCUT2D eigenvalue weighted by atomic mass is 32.2. The molecular weight excluding hydrogens is 481 g/mol. The Morgan fingerprint density at radius 2 is 1.67 bits per heavy atom. The van der Waals surface area contributed by atoms with Crippen molar-refractivity contribution in [3.63, 3.8) is 0 Å². The summed E-state index contributed by atoms with van der Waals surface area (Å²) in [6, 6.07) is 10.5. The lowest BCUT2D eigenvalue weighted by atomic mass is 10.1. The molecule has 198 valence electrons. The van der Waals surface area contributed by atoms with Gasteiger partial charge in [0.2, 0.25) is 21.8 Å². The van der Waals surface area contributed by atoms with Gasteiger partial charge >= 0.3 is 0 Å². The van der Waals surface area contributed by atoms with Crippen LogP contribution >= 0.6 is 0 Å². The molecule has 1 N–H and O–H groups in total. The zero-order chi connectivity index (χ0) is 27.0. The second-order valence-corrected chi connectivity index (χ2v) is 11.5. The van der Waals surface area contributed by atoms with Crippen LogP contribution in [0.15, 0.2) is 42.5 Å². The van der Waals surface area contributed by atoms with Crippen LogP contribution in [-0.4, -0.2) is 50.5 Å². The predicted molar refractivity (Wildman–Crippen MR) is 142 cm³/mol. The van der Waals surface area contributed by atoms with Crippen LogP contribution in [0.1, 0.15) is 50.3 Å². The molecule has 0 saturated carbocycles. The number of benzene rings is 2. The fraction of sp³-hybridized carbons (Fsp3) is 0.481. The molecule has 0 spiro atoms. The quantitative estimate of drug-likeness (QED) is 0.456. The Labute approximate surface area is 214 Å². The maximum absolute atomic E-state index is 13.4. The van der Waals surface area contributed by atoms with Crippen LogP contribution in [-0.2, 0) is 26.2 Å². The highest BCUT2D eigenvalue weighted by Crippen LogP contribution is 2.25. The summed E-state index contributed by atoms with van der Waals surface area (Å²) in [5, 5.41) is 2.86. The Morgan fingerprint density at radius 1 is 1.03 bits per heavy atom. The van der Waals surface area contributed by atoms with Gasteiger partial charge in [0.25, 0.3) is 0 Å². The molecule has 0 aliphatic carbocycles. The molecule has 0 aliphatic rings. The molecule has 9 heteroatoms. The molecule has 0 aliphatic heterocycles. The first kappa shape index (κ1) is 29.3. The Balaban J connectivity index is 2.19. The largest absolute Gasteiger partial charge is 0.354 e. The summed E-state index contributed by atoms with van der Waals surface area (Å²) in [5.41, 5.74) is 3.13. The van der Waals surface area contributed by atoms with Gasteiger partial charge in [-0.05, 0) is 68.0 Å². The molecule has 0 fully saturated rings. The van der Waals surface area contributed by atoms with Crippen molar-refractivity contribution in [1.82, 2.24) is 10.2 Å². The number of nitrogens with zero attached hydrogens (tertiary/aromatic N) is 2. The van der Waals surface area contributed by atoms with Gasteiger partial charge in [-0.2, -0.15) is 0 Å². The molecule has 2 aromatic rings. The minimum atomic E-state index is -3.56. The summed E-state index contributed by atoms with van der Waals surface area (Å²) in [6.45, 7) is 10.2. The third-order valence-electron chi connectivity index (χ3n) is 6.11. The fourth-order valence-corrected chi connectivity index (χ4v) is 4.83. The molecule has 0 heterocycles. The van der Waals surface area contributed by atoms with E-state index in [4.69, 9.17) is 0 Å². The van der Waals surface area contributed by atoms with E-state index in [1.807, 2.05) is 39.8 Å². The summed E-state index contributed by atoms with van der Waals surface area (Å²) < 4.78 is 39.8. The maximum Gasteiger partial charge on any atom is 0.242 e. The molecule has 0 bridgehead atoms. The van der Waals surface area contributed by atoms with E-state index in [2.05, 4.69) is 5.32 Å². The van der Waals surface area contributed by atoms with Gasteiger partial charge in [0.05, 0.1) is 11.9 Å². The van der Waals surface area contributed by atoms with Gasteiger partial charge in [0.15, 0.2) is 0 Å². The summed E-state index contributed by atoms with van der Waals surface area (Å²) in [6.07, 6.45) is 1.48. The lowest BCUT2D eigenvalue weighted by Gasteiger charge is -2.30. The highest BCUT2D eigenvalue weighted by molar-refractivity contribution is 7.92. The molecule has 7 nitrogen and oxygen atoms in total. The minimum Gasteiger partial charge on any atom is -0.354 e. The summed E-state index contributed by atoms with van der Waals surface area (Å²) in [4.78, 5) is 27.5. The number of aryl methyl sites for hydroxylation is 1. The van der Waals surface area contributed by atoms with Crippen LogP contribution in [0.3, 0.4) is 0 Å². The number of halogens is 1. The van der Waals surface area contributed by atoms with Gasteiger partial charge in [-0.1, -0.05) is 38.1 Å². The first-order chi connectivity index (χ1) is 16.8. The molecule has 2 aromatic carbocycles.